The van der Waals surface area contributed by atoms with E-state index < -0.39 is 0 Å². The van der Waals surface area contributed by atoms with Gasteiger partial charge >= 0.3 is 0 Å². The maximum absolute atomic E-state index is 11.4. The maximum atomic E-state index is 11.4. The molecule has 1 atom stereocenters. The van der Waals surface area contributed by atoms with E-state index in [0.29, 0.717) is 19.5 Å². The Hall–Kier alpha value is -1.34. The molecule has 4 heteroatoms. The van der Waals surface area contributed by atoms with E-state index in [1.165, 1.54) is 0 Å². The number of carbonyl (C=O) groups is 1. The van der Waals surface area contributed by atoms with E-state index in [2.05, 4.69) is 6.07 Å². The van der Waals surface area contributed by atoms with Crippen LogP contribution in [0.4, 0.5) is 0 Å². The molecule has 1 saturated heterocycles. The van der Waals surface area contributed by atoms with Gasteiger partial charge in [0.2, 0.25) is 5.91 Å². The molecule has 3 nitrogen and oxygen atoms in total. The van der Waals surface area contributed by atoms with Gasteiger partial charge in [-0.2, -0.15) is 16.6 Å². The van der Waals surface area contributed by atoms with Crippen LogP contribution in [0.5, 0.6) is 0 Å². The molecule has 0 saturated carbocycles. The van der Waals surface area contributed by atoms with E-state index >= 15 is 0 Å². The van der Waals surface area contributed by atoms with Gasteiger partial charge in [-0.25, -0.2) is 0 Å². The summed E-state index contributed by atoms with van der Waals surface area (Å²) in [4.78, 5) is 13.2. The molecule has 1 aliphatic heterocycles. The predicted molar refractivity (Wildman–Crippen MR) is 53.5 cm³/mol. The Balaban J connectivity index is 2.00. The second kappa shape index (κ2) is 3.81. The lowest BCUT2D eigenvalue weighted by Crippen LogP contribution is -2.24. The summed E-state index contributed by atoms with van der Waals surface area (Å²) in [6.07, 6.45) is 0.390. The van der Waals surface area contributed by atoms with Gasteiger partial charge < -0.3 is 4.90 Å². The number of rotatable bonds is 2. The van der Waals surface area contributed by atoms with Crippen molar-refractivity contribution in [2.45, 2.75) is 13.0 Å². The Morgan fingerprint density at radius 1 is 1.71 bits per heavy atom. The van der Waals surface area contributed by atoms with Crippen molar-refractivity contribution in [3.63, 3.8) is 0 Å². The number of hydrogen-bond donors (Lipinski definition) is 0. The molecule has 1 fully saturated rings. The summed E-state index contributed by atoms with van der Waals surface area (Å²) >= 11 is 1.63. The molecular weight excluding hydrogens is 196 g/mol. The number of likely N-dealkylation sites (tertiary alicyclic amines) is 1. The van der Waals surface area contributed by atoms with Crippen molar-refractivity contribution in [3.05, 3.63) is 22.4 Å². The number of nitrogens with zero attached hydrogens (tertiary/aromatic N) is 2. The Bertz CT molecular complexity index is 366. The minimum Gasteiger partial charge on any atom is -0.337 e. The SMILES string of the molecule is N#CC1CC(=O)N(Cc2ccsc2)C1. The lowest BCUT2D eigenvalue weighted by molar-refractivity contribution is -0.128. The van der Waals surface area contributed by atoms with E-state index in [0.717, 1.165) is 5.56 Å². The van der Waals surface area contributed by atoms with E-state index in [-0.39, 0.29) is 11.8 Å². The highest BCUT2D eigenvalue weighted by Gasteiger charge is 2.29. The Morgan fingerprint density at radius 3 is 3.14 bits per heavy atom. The number of thiophene rings is 1. The highest BCUT2D eigenvalue weighted by molar-refractivity contribution is 7.07. The predicted octanol–water partition coefficient (Wildman–Crippen LogP) is 1.62. The number of nitriles is 1. The van der Waals surface area contributed by atoms with E-state index in [1.54, 1.807) is 16.2 Å². The molecule has 1 aliphatic rings. The zero-order valence-electron chi connectivity index (χ0n) is 7.64. The lowest BCUT2D eigenvalue weighted by atomic mass is 10.1. The normalized spacial score (nSPS) is 21.2. The van der Waals surface area contributed by atoms with Crippen molar-refractivity contribution >= 4 is 17.2 Å². The zero-order valence-corrected chi connectivity index (χ0v) is 8.46. The first-order valence-corrected chi connectivity index (χ1v) is 5.42. The maximum Gasteiger partial charge on any atom is 0.224 e. The molecule has 0 spiro atoms. The molecule has 1 unspecified atom stereocenters. The Morgan fingerprint density at radius 2 is 2.57 bits per heavy atom. The summed E-state index contributed by atoms with van der Waals surface area (Å²) in [6, 6.07) is 4.16. The number of hydrogen-bond acceptors (Lipinski definition) is 3. The fraction of sp³-hybridized carbons (Fsp3) is 0.400. The van der Waals surface area contributed by atoms with Gasteiger partial charge in [-0.15, -0.1) is 0 Å². The van der Waals surface area contributed by atoms with Crippen molar-refractivity contribution in [2.24, 2.45) is 5.92 Å². The van der Waals surface area contributed by atoms with Gasteiger partial charge in [0.25, 0.3) is 0 Å². The van der Waals surface area contributed by atoms with Crippen LogP contribution in [0.1, 0.15) is 12.0 Å². The first-order valence-electron chi connectivity index (χ1n) is 4.48. The topological polar surface area (TPSA) is 44.1 Å². The minimum absolute atomic E-state index is 0.0998. The molecule has 0 aromatic carbocycles. The smallest absolute Gasteiger partial charge is 0.224 e. The van der Waals surface area contributed by atoms with Crippen LogP contribution in [0.25, 0.3) is 0 Å². The second-order valence-electron chi connectivity index (χ2n) is 3.44. The molecule has 2 rings (SSSR count). The third-order valence-corrected chi connectivity index (χ3v) is 3.08. The van der Waals surface area contributed by atoms with Crippen molar-refractivity contribution < 1.29 is 4.79 Å². The van der Waals surface area contributed by atoms with Crippen molar-refractivity contribution in [1.82, 2.24) is 4.90 Å². The van der Waals surface area contributed by atoms with E-state index in [9.17, 15) is 4.79 Å². The van der Waals surface area contributed by atoms with Gasteiger partial charge in [0.1, 0.15) is 0 Å². The Labute approximate surface area is 86.6 Å². The van der Waals surface area contributed by atoms with Crippen LogP contribution in [0.2, 0.25) is 0 Å². The average Bonchev–Trinajstić information content (AvgIpc) is 2.78. The molecule has 14 heavy (non-hydrogen) atoms. The summed E-state index contributed by atoms with van der Waals surface area (Å²) in [5, 5.41) is 12.7. The summed E-state index contributed by atoms with van der Waals surface area (Å²) < 4.78 is 0. The fourth-order valence-electron chi connectivity index (χ4n) is 1.61. The monoisotopic (exact) mass is 206 g/mol. The van der Waals surface area contributed by atoms with Gasteiger partial charge in [-0.1, -0.05) is 0 Å². The van der Waals surface area contributed by atoms with Gasteiger partial charge in [0.15, 0.2) is 0 Å². The van der Waals surface area contributed by atoms with Gasteiger partial charge in [-0.05, 0) is 22.4 Å². The Kier molecular flexibility index (Phi) is 2.51. The van der Waals surface area contributed by atoms with Gasteiger partial charge in [0, 0.05) is 19.5 Å². The summed E-state index contributed by atoms with van der Waals surface area (Å²) in [7, 11) is 0. The van der Waals surface area contributed by atoms with Gasteiger partial charge in [0.05, 0.1) is 12.0 Å². The van der Waals surface area contributed by atoms with Crippen LogP contribution < -0.4 is 0 Å². The highest BCUT2D eigenvalue weighted by Crippen LogP contribution is 2.20. The highest BCUT2D eigenvalue weighted by atomic mass is 32.1. The number of amides is 1. The molecular formula is C10H10N2OS. The first kappa shape index (κ1) is 9.22. The summed E-state index contributed by atoms with van der Waals surface area (Å²) in [5.74, 6) is -0.0103. The van der Waals surface area contributed by atoms with Crippen molar-refractivity contribution in [3.8, 4) is 6.07 Å². The van der Waals surface area contributed by atoms with Crippen LogP contribution in [0.15, 0.2) is 16.8 Å². The standard InChI is InChI=1S/C10H10N2OS/c11-4-9-3-10(13)12(6-9)5-8-1-2-14-7-8/h1-2,7,9H,3,5-6H2. The van der Waals surface area contributed by atoms with Crippen LogP contribution in [-0.2, 0) is 11.3 Å². The molecule has 1 amide bonds. The molecule has 0 N–H and O–H groups in total. The third kappa shape index (κ3) is 1.78. The molecule has 0 radical (unpaired) electrons. The van der Waals surface area contributed by atoms with E-state index in [1.807, 2.05) is 16.8 Å². The van der Waals surface area contributed by atoms with Crippen LogP contribution in [0.3, 0.4) is 0 Å². The number of carbonyl (C=O) groups excluding carboxylic acids is 1. The average molecular weight is 206 g/mol. The lowest BCUT2D eigenvalue weighted by Gasteiger charge is -2.14. The molecule has 2 heterocycles. The largest absolute Gasteiger partial charge is 0.337 e. The quantitative estimate of drug-likeness (QED) is 0.738. The zero-order chi connectivity index (χ0) is 9.97. The van der Waals surface area contributed by atoms with Gasteiger partial charge in [-0.3, -0.25) is 4.79 Å². The van der Waals surface area contributed by atoms with Crippen LogP contribution in [0, 0.1) is 17.2 Å². The molecule has 1 aromatic heterocycles. The fourth-order valence-corrected chi connectivity index (χ4v) is 2.27. The molecule has 0 bridgehead atoms. The molecule has 72 valence electrons. The molecule has 1 aromatic rings. The summed E-state index contributed by atoms with van der Waals surface area (Å²) in [5.41, 5.74) is 1.15. The van der Waals surface area contributed by atoms with Crippen molar-refractivity contribution in [1.29, 1.82) is 5.26 Å². The minimum atomic E-state index is -0.110. The van der Waals surface area contributed by atoms with Crippen molar-refractivity contribution in [2.75, 3.05) is 6.54 Å². The van der Waals surface area contributed by atoms with E-state index in [4.69, 9.17) is 5.26 Å². The second-order valence-corrected chi connectivity index (χ2v) is 4.22. The third-order valence-electron chi connectivity index (χ3n) is 2.35. The molecule has 0 aliphatic carbocycles. The van der Waals surface area contributed by atoms with Crippen LogP contribution >= 0.6 is 11.3 Å². The first-order chi connectivity index (χ1) is 6.79. The summed E-state index contributed by atoms with van der Waals surface area (Å²) in [6.45, 7) is 1.24. The van der Waals surface area contributed by atoms with Crippen LogP contribution in [-0.4, -0.2) is 17.4 Å².